The van der Waals surface area contributed by atoms with Crippen molar-refractivity contribution in [2.45, 2.75) is 13.3 Å². The highest BCUT2D eigenvalue weighted by molar-refractivity contribution is 7.17. The predicted molar refractivity (Wildman–Crippen MR) is 112 cm³/mol. The predicted octanol–water partition coefficient (Wildman–Crippen LogP) is 4.08. The summed E-state index contributed by atoms with van der Waals surface area (Å²) in [5, 5.41) is 12.9. The van der Waals surface area contributed by atoms with E-state index in [0.29, 0.717) is 38.5 Å². The van der Waals surface area contributed by atoms with Crippen molar-refractivity contribution in [1.82, 2.24) is 19.9 Å². The Morgan fingerprint density at radius 3 is 2.62 bits per heavy atom. The Bertz CT molecular complexity index is 1190. The first-order valence-corrected chi connectivity index (χ1v) is 10.3. The Morgan fingerprint density at radius 1 is 1.14 bits per heavy atom. The van der Waals surface area contributed by atoms with Crippen molar-refractivity contribution >= 4 is 33.7 Å². The van der Waals surface area contributed by atoms with Gasteiger partial charge in [0.15, 0.2) is 16.0 Å². The number of carbonyl (C=O) groups is 1. The Labute approximate surface area is 174 Å². The molecule has 0 atom stereocenters. The first-order chi connectivity index (χ1) is 14.1. The second kappa shape index (κ2) is 8.26. The van der Waals surface area contributed by atoms with Gasteiger partial charge in [-0.3, -0.25) is 10.1 Å². The molecule has 0 radical (unpaired) electrons. The van der Waals surface area contributed by atoms with Crippen LogP contribution >= 0.6 is 22.7 Å². The lowest BCUT2D eigenvalue weighted by Crippen LogP contribution is -2.11. The summed E-state index contributed by atoms with van der Waals surface area (Å²) in [5.41, 5.74) is 2.34. The van der Waals surface area contributed by atoms with Crippen LogP contribution in [0.4, 0.5) is 5.13 Å². The smallest absolute Gasteiger partial charge is 0.269 e. The number of rotatable bonds is 5. The monoisotopic (exact) mass is 418 g/mol. The number of nitrogens with zero attached hydrogens (tertiary/aromatic N) is 5. The highest BCUT2D eigenvalue weighted by Crippen LogP contribution is 2.27. The van der Waals surface area contributed by atoms with Crippen LogP contribution in [0.15, 0.2) is 48.9 Å². The lowest BCUT2D eigenvalue weighted by Gasteiger charge is -1.99. The van der Waals surface area contributed by atoms with Crippen LogP contribution in [0.3, 0.4) is 0 Å². The van der Waals surface area contributed by atoms with Gasteiger partial charge >= 0.3 is 0 Å². The number of thiazole rings is 2. The molecule has 29 heavy (non-hydrogen) atoms. The maximum absolute atomic E-state index is 12.7. The van der Waals surface area contributed by atoms with Crippen molar-refractivity contribution in [2.75, 3.05) is 5.32 Å². The zero-order valence-electron chi connectivity index (χ0n) is 15.3. The van der Waals surface area contributed by atoms with Crippen LogP contribution < -0.4 is 5.32 Å². The molecule has 1 aromatic carbocycles. The fourth-order valence-electron chi connectivity index (χ4n) is 2.61. The fraction of sp³-hybridized carbons (Fsp3) is 0.100. The summed E-state index contributed by atoms with van der Waals surface area (Å²) in [6.07, 6.45) is 5.73. The molecule has 0 spiro atoms. The molecule has 0 saturated carbocycles. The lowest BCUT2D eigenvalue weighted by atomic mass is 10.1. The molecule has 0 aliphatic heterocycles. The minimum absolute atomic E-state index is 0.249. The molecular formula is C20H14N6OS2. The Balaban J connectivity index is 1.45. The van der Waals surface area contributed by atoms with Gasteiger partial charge in [-0.1, -0.05) is 12.1 Å². The molecule has 0 aliphatic carbocycles. The van der Waals surface area contributed by atoms with Gasteiger partial charge in [0.1, 0.15) is 4.88 Å². The maximum atomic E-state index is 12.7. The van der Waals surface area contributed by atoms with Crippen LogP contribution in [0.5, 0.6) is 0 Å². The molecular weight excluding hydrogens is 404 g/mol. The molecule has 0 saturated heterocycles. The summed E-state index contributed by atoms with van der Waals surface area (Å²) in [6, 6.07) is 11.3. The standard InChI is InChI=1S/C20H14N6OS2/c1-12-16(29-19(25-12)17-22-7-2-8-23-17)18(27)26-20-24-11-15(28-20)9-13-3-5-14(10-21)6-4-13/h2-8,11H,9H2,1H3,(H,24,26,27). The molecule has 1 N–H and O–H groups in total. The zero-order chi connectivity index (χ0) is 20.2. The molecule has 9 heteroatoms. The summed E-state index contributed by atoms with van der Waals surface area (Å²) >= 11 is 2.68. The summed E-state index contributed by atoms with van der Waals surface area (Å²) in [6.45, 7) is 1.79. The number of nitriles is 1. The van der Waals surface area contributed by atoms with E-state index in [1.54, 1.807) is 43.7 Å². The average Bonchev–Trinajstić information content (AvgIpc) is 3.35. The lowest BCUT2D eigenvalue weighted by molar-refractivity contribution is 0.103. The number of anilines is 1. The number of amides is 1. The van der Waals surface area contributed by atoms with Crippen molar-refractivity contribution < 1.29 is 4.79 Å². The van der Waals surface area contributed by atoms with E-state index in [1.807, 2.05) is 12.1 Å². The van der Waals surface area contributed by atoms with Gasteiger partial charge in [-0.15, -0.1) is 22.7 Å². The van der Waals surface area contributed by atoms with E-state index >= 15 is 0 Å². The molecule has 7 nitrogen and oxygen atoms in total. The van der Waals surface area contributed by atoms with Gasteiger partial charge in [-0.05, 0) is 30.7 Å². The van der Waals surface area contributed by atoms with Gasteiger partial charge in [0, 0.05) is 29.9 Å². The van der Waals surface area contributed by atoms with Gasteiger partial charge in [-0.2, -0.15) is 5.26 Å². The van der Waals surface area contributed by atoms with Gasteiger partial charge in [0.05, 0.1) is 17.3 Å². The van der Waals surface area contributed by atoms with Crippen LogP contribution in [0, 0.1) is 18.3 Å². The van der Waals surface area contributed by atoms with E-state index < -0.39 is 0 Å². The minimum Gasteiger partial charge on any atom is -0.297 e. The second-order valence-corrected chi connectivity index (χ2v) is 8.19. The van der Waals surface area contributed by atoms with E-state index in [9.17, 15) is 4.79 Å². The number of benzene rings is 1. The first-order valence-electron chi connectivity index (χ1n) is 8.62. The summed E-state index contributed by atoms with van der Waals surface area (Å²) in [5.74, 6) is 0.250. The van der Waals surface area contributed by atoms with Crippen molar-refractivity contribution in [1.29, 1.82) is 5.26 Å². The summed E-state index contributed by atoms with van der Waals surface area (Å²) in [4.78, 5) is 31.3. The number of aromatic nitrogens is 4. The number of nitrogens with one attached hydrogen (secondary N) is 1. The molecule has 4 aromatic rings. The SMILES string of the molecule is Cc1nc(-c2ncccn2)sc1C(=O)Nc1ncc(Cc2ccc(C#N)cc2)s1. The van der Waals surface area contributed by atoms with Crippen LogP contribution in [-0.4, -0.2) is 25.8 Å². The van der Waals surface area contributed by atoms with E-state index in [-0.39, 0.29) is 5.91 Å². The molecule has 3 aromatic heterocycles. The third-order valence-corrected chi connectivity index (χ3v) is 6.06. The van der Waals surface area contributed by atoms with Crippen LogP contribution in [-0.2, 0) is 6.42 Å². The molecule has 3 heterocycles. The quantitative estimate of drug-likeness (QED) is 0.524. The zero-order valence-corrected chi connectivity index (χ0v) is 16.9. The van der Waals surface area contributed by atoms with Crippen molar-refractivity contribution in [3.05, 3.63) is 75.5 Å². The summed E-state index contributed by atoms with van der Waals surface area (Å²) in [7, 11) is 0. The normalized spacial score (nSPS) is 10.5. The maximum Gasteiger partial charge on any atom is 0.269 e. The Morgan fingerprint density at radius 2 is 1.90 bits per heavy atom. The largest absolute Gasteiger partial charge is 0.297 e. The molecule has 4 rings (SSSR count). The Kier molecular flexibility index (Phi) is 5.37. The number of aryl methyl sites for hydroxylation is 1. The van der Waals surface area contributed by atoms with Gasteiger partial charge in [0.2, 0.25) is 0 Å². The molecule has 0 fully saturated rings. The van der Waals surface area contributed by atoms with Gasteiger partial charge < -0.3 is 0 Å². The molecule has 0 aliphatic rings. The van der Waals surface area contributed by atoms with Crippen LogP contribution in [0.25, 0.3) is 10.8 Å². The van der Waals surface area contributed by atoms with Crippen molar-refractivity contribution in [3.8, 4) is 16.9 Å². The van der Waals surface area contributed by atoms with Crippen molar-refractivity contribution in [3.63, 3.8) is 0 Å². The number of carbonyl (C=O) groups excluding carboxylic acids is 1. The Hall–Kier alpha value is -3.48. The van der Waals surface area contributed by atoms with Gasteiger partial charge in [-0.25, -0.2) is 19.9 Å². The van der Waals surface area contributed by atoms with E-state index in [1.165, 1.54) is 22.7 Å². The van der Waals surface area contributed by atoms with E-state index in [2.05, 4.69) is 31.3 Å². The number of hydrogen-bond donors (Lipinski definition) is 1. The molecule has 142 valence electrons. The third-order valence-electron chi connectivity index (χ3n) is 4.00. The minimum atomic E-state index is -0.249. The highest BCUT2D eigenvalue weighted by Gasteiger charge is 2.18. The van der Waals surface area contributed by atoms with Gasteiger partial charge in [0.25, 0.3) is 5.91 Å². The molecule has 1 amide bonds. The first kappa shape index (κ1) is 18.9. The van der Waals surface area contributed by atoms with E-state index in [0.717, 1.165) is 10.4 Å². The van der Waals surface area contributed by atoms with Crippen LogP contribution in [0.2, 0.25) is 0 Å². The van der Waals surface area contributed by atoms with Crippen molar-refractivity contribution in [2.24, 2.45) is 0 Å². The molecule has 0 bridgehead atoms. The van der Waals surface area contributed by atoms with Crippen LogP contribution in [0.1, 0.15) is 31.4 Å². The number of hydrogen-bond acceptors (Lipinski definition) is 8. The molecule has 0 unspecified atom stereocenters. The average molecular weight is 419 g/mol. The fourth-order valence-corrected chi connectivity index (χ4v) is 4.36. The third kappa shape index (κ3) is 4.34. The van der Waals surface area contributed by atoms with E-state index in [4.69, 9.17) is 5.26 Å². The summed E-state index contributed by atoms with van der Waals surface area (Å²) < 4.78 is 0. The highest BCUT2D eigenvalue weighted by atomic mass is 32.1. The topological polar surface area (TPSA) is 104 Å². The second-order valence-electron chi connectivity index (χ2n) is 6.08.